The molecule has 84 valence electrons. The maximum absolute atomic E-state index is 8.55. The van der Waals surface area contributed by atoms with Gasteiger partial charge in [-0.1, -0.05) is 0 Å². The van der Waals surface area contributed by atoms with E-state index in [-0.39, 0.29) is 82.2 Å². The van der Waals surface area contributed by atoms with Gasteiger partial charge in [-0.15, -0.1) is 0 Å². The fourth-order valence-electron chi connectivity index (χ4n) is 0. The molecule has 0 rings (SSSR count). The molecule has 0 radical (unpaired) electrons. The summed E-state index contributed by atoms with van der Waals surface area (Å²) in [6.07, 6.45) is 0. The van der Waals surface area contributed by atoms with Crippen LogP contribution in [0.15, 0.2) is 0 Å². The van der Waals surface area contributed by atoms with Crippen molar-refractivity contribution < 1.29 is 101 Å². The molecule has 0 aliphatic heterocycles. The molecule has 0 aromatic rings. The smallest absolute Gasteiger partial charge is 0.822 e. The van der Waals surface area contributed by atoms with Crippen LogP contribution in [0.3, 0.4) is 0 Å². The first-order valence-electron chi connectivity index (χ1n) is 0.730. The second kappa shape index (κ2) is 29.4. The van der Waals surface area contributed by atoms with Crippen LogP contribution in [0.4, 0.5) is 0 Å². The summed E-state index contributed by atoms with van der Waals surface area (Å²) in [6, 6.07) is 0. The molecule has 0 fully saturated rings. The van der Waals surface area contributed by atoms with Gasteiger partial charge in [-0.05, 0) is 0 Å². The molecule has 0 heterocycles. The molecular weight excluding hydrogens is 343 g/mol. The van der Waals surface area contributed by atoms with Gasteiger partial charge in [0.25, 0.3) is 0 Å². The van der Waals surface area contributed by atoms with Crippen molar-refractivity contribution in [2.45, 2.75) is 0 Å². The third kappa shape index (κ3) is 592. The van der Waals surface area contributed by atoms with E-state index in [4.69, 9.17) is 19.2 Å². The summed E-state index contributed by atoms with van der Waals surface area (Å²) in [5, 5.41) is 0. The second-order valence-corrected chi connectivity index (χ2v) is 1.34. The van der Waals surface area contributed by atoms with Crippen molar-refractivity contribution in [1.29, 1.82) is 0 Å². The van der Waals surface area contributed by atoms with Crippen LogP contribution in [0.25, 0.3) is 0 Å². The van der Waals surface area contributed by atoms with Crippen LogP contribution in [-0.2, 0) is 4.57 Å². The molecule has 0 spiro atoms. The van der Waals surface area contributed by atoms with E-state index in [9.17, 15) is 0 Å². The summed E-state index contributed by atoms with van der Waals surface area (Å²) < 4.78 is 8.55. The molecule has 0 aromatic heterocycles. The topological polar surface area (TPSA) is 275 Å². The molecule has 0 amide bonds. The minimum Gasteiger partial charge on any atom is -0.822 e. The van der Waals surface area contributed by atoms with Gasteiger partial charge in [0, 0.05) is 0 Å². The molecular formula is H12EuO10P. The molecule has 0 saturated carbocycles. The summed E-state index contributed by atoms with van der Waals surface area (Å²) >= 11 is 0. The average molecular weight is 355 g/mol. The van der Waals surface area contributed by atoms with Crippen molar-refractivity contribution in [3.05, 3.63) is 0 Å². The van der Waals surface area contributed by atoms with Crippen LogP contribution >= 0.6 is 7.82 Å². The Morgan fingerprint density at radius 1 is 0.667 bits per heavy atom. The van der Waals surface area contributed by atoms with Crippen molar-refractivity contribution in [2.75, 3.05) is 0 Å². The van der Waals surface area contributed by atoms with Gasteiger partial charge in [0.15, 0.2) is 0 Å². The fraction of sp³-hybridized carbons (Fsp3) is 0. The van der Waals surface area contributed by atoms with E-state index >= 15 is 0 Å². The largest absolute Gasteiger partial charge is 3.00 e. The Bertz CT molecular complexity index is 56.0. The molecule has 12 heavy (non-hydrogen) atoms. The van der Waals surface area contributed by atoms with Crippen LogP contribution < -0.4 is 14.7 Å². The average Bonchev–Trinajstić information content (AvgIpc) is 0.722. The van der Waals surface area contributed by atoms with Crippen LogP contribution in [0.5, 0.6) is 0 Å². The van der Waals surface area contributed by atoms with Crippen molar-refractivity contribution in [1.82, 2.24) is 0 Å². The first kappa shape index (κ1) is 70.1. The van der Waals surface area contributed by atoms with E-state index in [1.54, 1.807) is 0 Å². The molecule has 0 bridgehead atoms. The molecule has 0 unspecified atom stereocenters. The van der Waals surface area contributed by atoms with E-state index in [1.165, 1.54) is 0 Å². The number of hydrogen-bond acceptors (Lipinski definition) is 4. The minimum atomic E-state index is -5.39. The van der Waals surface area contributed by atoms with Crippen molar-refractivity contribution >= 4 is 7.82 Å². The van der Waals surface area contributed by atoms with E-state index in [0.29, 0.717) is 0 Å². The zero-order valence-electron chi connectivity index (χ0n) is 5.46. The standard InChI is InChI=1S/Eu.H3O4P.6H2O/c;1-5(2,3)4;;;;;;/h;(H3,1,2,3,4);6*1H2/q+3;;;;;;;/p-3. The summed E-state index contributed by atoms with van der Waals surface area (Å²) in [6.45, 7) is 0. The predicted molar refractivity (Wildman–Crippen MR) is 29.3 cm³/mol. The van der Waals surface area contributed by atoms with Gasteiger partial charge in [-0.2, -0.15) is 7.82 Å². The Hall–Kier alpha value is 1.45. The molecule has 10 nitrogen and oxygen atoms in total. The number of hydrogen-bond donors (Lipinski definition) is 0. The van der Waals surface area contributed by atoms with Crippen LogP contribution in [0.2, 0.25) is 0 Å². The Labute approximate surface area is 108 Å². The first-order valence-corrected chi connectivity index (χ1v) is 2.19. The van der Waals surface area contributed by atoms with E-state index < -0.39 is 7.82 Å². The molecule has 0 saturated heterocycles. The molecule has 12 N–H and O–H groups in total. The Kier molecular flexibility index (Phi) is 172. The van der Waals surface area contributed by atoms with Crippen LogP contribution in [-0.4, -0.2) is 32.9 Å². The van der Waals surface area contributed by atoms with Crippen LogP contribution in [0.1, 0.15) is 0 Å². The first-order chi connectivity index (χ1) is 2.00. The van der Waals surface area contributed by atoms with E-state index in [1.807, 2.05) is 0 Å². The predicted octanol–water partition coefficient (Wildman–Crippen LogP) is -7.77. The maximum atomic E-state index is 8.55. The van der Waals surface area contributed by atoms with Gasteiger partial charge in [-0.25, -0.2) is 0 Å². The minimum absolute atomic E-state index is 0. The number of phosphoric acid groups is 1. The monoisotopic (exact) mass is 356 g/mol. The summed E-state index contributed by atoms with van der Waals surface area (Å²) in [5.74, 6) is 0. The van der Waals surface area contributed by atoms with Gasteiger partial charge in [0.05, 0.1) is 0 Å². The van der Waals surface area contributed by atoms with Gasteiger partial charge >= 0.3 is 49.4 Å². The maximum Gasteiger partial charge on any atom is 3.00 e. The van der Waals surface area contributed by atoms with E-state index in [0.717, 1.165) is 0 Å². The molecule has 0 aliphatic rings. The van der Waals surface area contributed by atoms with Gasteiger partial charge in [0.2, 0.25) is 0 Å². The Morgan fingerprint density at radius 3 is 0.667 bits per heavy atom. The number of rotatable bonds is 0. The zero-order valence-corrected chi connectivity index (χ0v) is 8.78. The van der Waals surface area contributed by atoms with Gasteiger partial charge < -0.3 is 52.1 Å². The zero-order chi connectivity index (χ0) is 4.50. The fourth-order valence-corrected chi connectivity index (χ4v) is 0. The normalized spacial score (nSPS) is 4.92. The van der Waals surface area contributed by atoms with Gasteiger partial charge in [0.1, 0.15) is 0 Å². The summed E-state index contributed by atoms with van der Waals surface area (Å²) in [7, 11) is -5.39. The molecule has 0 atom stereocenters. The Morgan fingerprint density at radius 2 is 0.667 bits per heavy atom. The van der Waals surface area contributed by atoms with Crippen LogP contribution in [0, 0.1) is 49.4 Å². The summed E-state index contributed by atoms with van der Waals surface area (Å²) in [4.78, 5) is 25.6. The quantitative estimate of drug-likeness (QED) is 0.382. The van der Waals surface area contributed by atoms with Crippen molar-refractivity contribution in [2.24, 2.45) is 0 Å². The Balaban J connectivity index is -0.00000000381. The van der Waals surface area contributed by atoms with Gasteiger partial charge in [-0.3, -0.25) is 0 Å². The molecule has 0 aliphatic carbocycles. The molecule has 12 heteroatoms. The summed E-state index contributed by atoms with van der Waals surface area (Å²) in [5.41, 5.74) is 0. The van der Waals surface area contributed by atoms with Crippen molar-refractivity contribution in [3.63, 3.8) is 0 Å². The third-order valence-corrected chi connectivity index (χ3v) is 0. The third-order valence-electron chi connectivity index (χ3n) is 0. The second-order valence-electron chi connectivity index (χ2n) is 0.447. The molecule has 0 aromatic carbocycles. The van der Waals surface area contributed by atoms with E-state index in [2.05, 4.69) is 0 Å². The van der Waals surface area contributed by atoms with Crippen molar-refractivity contribution in [3.8, 4) is 0 Å². The SMILES string of the molecule is O.O.O.O.O.O.O=P([O-])([O-])[O-].[Eu+3].